The molecule has 0 saturated heterocycles. The van der Waals surface area contributed by atoms with Crippen LogP contribution < -0.4 is 15.8 Å². The number of hydrogen-bond donors (Lipinski definition) is 2. The monoisotopic (exact) mass is 263 g/mol. The number of rotatable bonds is 4. The zero-order chi connectivity index (χ0) is 13.0. The van der Waals surface area contributed by atoms with Crippen molar-refractivity contribution < 1.29 is 9.53 Å². The fraction of sp³-hybridized carbons (Fsp3) is 0.167. The smallest absolute Gasteiger partial charge is 0.255 e. The molecule has 0 unspecified atom stereocenters. The minimum absolute atomic E-state index is 0.194. The van der Waals surface area contributed by atoms with Gasteiger partial charge in [-0.2, -0.15) is 0 Å². The third-order valence-electron chi connectivity index (χ3n) is 2.38. The van der Waals surface area contributed by atoms with Gasteiger partial charge < -0.3 is 15.8 Å². The molecule has 1 heterocycles. The molecule has 2 aromatic rings. The van der Waals surface area contributed by atoms with Crippen LogP contribution in [0.3, 0.4) is 0 Å². The fourth-order valence-corrected chi connectivity index (χ4v) is 2.02. The van der Waals surface area contributed by atoms with Crippen molar-refractivity contribution in [1.82, 2.24) is 10.3 Å². The van der Waals surface area contributed by atoms with Crippen molar-refractivity contribution in [3.63, 3.8) is 0 Å². The first-order valence-electron chi connectivity index (χ1n) is 5.30. The molecule has 0 aliphatic carbocycles. The van der Waals surface area contributed by atoms with Gasteiger partial charge in [-0.05, 0) is 12.1 Å². The summed E-state index contributed by atoms with van der Waals surface area (Å²) >= 11 is 1.50. The fourth-order valence-electron chi connectivity index (χ4n) is 1.49. The molecular weight excluding hydrogens is 250 g/mol. The molecular formula is C12H13N3O2S. The van der Waals surface area contributed by atoms with Crippen molar-refractivity contribution in [3.8, 4) is 5.75 Å². The Hall–Kier alpha value is -2.08. The van der Waals surface area contributed by atoms with Crippen LogP contribution in [0.25, 0.3) is 0 Å². The van der Waals surface area contributed by atoms with Crippen molar-refractivity contribution >= 4 is 22.9 Å². The Labute approximate surface area is 109 Å². The summed E-state index contributed by atoms with van der Waals surface area (Å²) in [7, 11) is 1.51. The SMILES string of the molecule is COc1cc(N)ccc1C(=O)NCc1cncs1. The van der Waals surface area contributed by atoms with Crippen molar-refractivity contribution in [3.05, 3.63) is 40.3 Å². The van der Waals surface area contributed by atoms with Crippen molar-refractivity contribution in [2.45, 2.75) is 6.54 Å². The van der Waals surface area contributed by atoms with Gasteiger partial charge >= 0.3 is 0 Å². The van der Waals surface area contributed by atoms with E-state index in [1.54, 1.807) is 29.9 Å². The van der Waals surface area contributed by atoms with Crippen LogP contribution in [0.4, 0.5) is 5.69 Å². The molecule has 18 heavy (non-hydrogen) atoms. The van der Waals surface area contributed by atoms with Gasteiger partial charge in [0.2, 0.25) is 0 Å². The number of nitrogen functional groups attached to an aromatic ring is 1. The van der Waals surface area contributed by atoms with Crippen LogP contribution >= 0.6 is 11.3 Å². The first-order chi connectivity index (χ1) is 8.70. The maximum Gasteiger partial charge on any atom is 0.255 e. The average Bonchev–Trinajstić information content (AvgIpc) is 2.88. The number of carbonyl (C=O) groups is 1. The molecule has 0 saturated carbocycles. The molecule has 0 spiro atoms. The standard InChI is InChI=1S/C12H13N3O2S/c1-17-11-4-8(13)2-3-10(11)12(16)15-6-9-5-14-7-18-9/h2-5,7H,6,13H2,1H3,(H,15,16). The van der Waals surface area contributed by atoms with Crippen LogP contribution in [0.2, 0.25) is 0 Å². The molecule has 0 aliphatic rings. The van der Waals surface area contributed by atoms with E-state index in [1.807, 2.05) is 0 Å². The Balaban J connectivity index is 2.09. The zero-order valence-electron chi connectivity index (χ0n) is 9.84. The second-order valence-corrected chi connectivity index (χ2v) is 4.58. The first kappa shape index (κ1) is 12.4. The number of nitrogens with zero attached hydrogens (tertiary/aromatic N) is 1. The number of carbonyl (C=O) groups excluding carboxylic acids is 1. The highest BCUT2D eigenvalue weighted by atomic mass is 32.1. The van der Waals surface area contributed by atoms with Crippen LogP contribution in [0.15, 0.2) is 29.9 Å². The van der Waals surface area contributed by atoms with Gasteiger partial charge in [-0.25, -0.2) is 0 Å². The summed E-state index contributed by atoms with van der Waals surface area (Å²) in [4.78, 5) is 16.9. The lowest BCUT2D eigenvalue weighted by atomic mass is 10.1. The Bertz CT molecular complexity index is 540. The van der Waals surface area contributed by atoms with E-state index in [2.05, 4.69) is 10.3 Å². The summed E-state index contributed by atoms with van der Waals surface area (Å²) in [6.07, 6.45) is 1.73. The minimum Gasteiger partial charge on any atom is -0.496 e. The molecule has 5 nitrogen and oxygen atoms in total. The van der Waals surface area contributed by atoms with Gasteiger partial charge in [-0.3, -0.25) is 9.78 Å². The number of amides is 1. The molecule has 1 amide bonds. The van der Waals surface area contributed by atoms with Gasteiger partial charge in [0.1, 0.15) is 5.75 Å². The van der Waals surface area contributed by atoms with Crippen molar-refractivity contribution in [1.29, 1.82) is 0 Å². The van der Waals surface area contributed by atoms with E-state index in [4.69, 9.17) is 10.5 Å². The third-order valence-corrected chi connectivity index (χ3v) is 3.16. The number of hydrogen-bond acceptors (Lipinski definition) is 5. The van der Waals surface area contributed by atoms with E-state index < -0.39 is 0 Å². The summed E-state index contributed by atoms with van der Waals surface area (Å²) in [6, 6.07) is 4.95. The number of nitrogens with one attached hydrogen (secondary N) is 1. The van der Waals surface area contributed by atoms with E-state index in [9.17, 15) is 4.79 Å². The molecule has 0 aliphatic heterocycles. The lowest BCUT2D eigenvalue weighted by Gasteiger charge is -2.09. The lowest BCUT2D eigenvalue weighted by Crippen LogP contribution is -2.22. The van der Waals surface area contributed by atoms with E-state index in [1.165, 1.54) is 18.4 Å². The largest absolute Gasteiger partial charge is 0.496 e. The highest BCUT2D eigenvalue weighted by Gasteiger charge is 2.12. The number of methoxy groups -OCH3 is 1. The minimum atomic E-state index is -0.194. The van der Waals surface area contributed by atoms with E-state index >= 15 is 0 Å². The highest BCUT2D eigenvalue weighted by Crippen LogP contribution is 2.21. The summed E-state index contributed by atoms with van der Waals surface area (Å²) in [5.41, 5.74) is 8.39. The van der Waals surface area contributed by atoms with E-state index in [0.29, 0.717) is 23.5 Å². The summed E-state index contributed by atoms with van der Waals surface area (Å²) in [5.74, 6) is 0.275. The van der Waals surface area contributed by atoms with Crippen LogP contribution in [0.1, 0.15) is 15.2 Å². The Morgan fingerprint density at radius 1 is 1.56 bits per heavy atom. The summed E-state index contributed by atoms with van der Waals surface area (Å²) < 4.78 is 5.13. The second-order valence-electron chi connectivity index (χ2n) is 3.61. The lowest BCUT2D eigenvalue weighted by molar-refractivity contribution is 0.0948. The number of benzene rings is 1. The van der Waals surface area contributed by atoms with Gasteiger partial charge in [0, 0.05) is 22.8 Å². The first-order valence-corrected chi connectivity index (χ1v) is 6.17. The van der Waals surface area contributed by atoms with E-state index in [-0.39, 0.29) is 5.91 Å². The van der Waals surface area contributed by atoms with Crippen LogP contribution in [-0.4, -0.2) is 18.0 Å². The molecule has 0 bridgehead atoms. The number of ether oxygens (including phenoxy) is 1. The molecule has 94 valence electrons. The Morgan fingerprint density at radius 2 is 2.39 bits per heavy atom. The quantitative estimate of drug-likeness (QED) is 0.822. The maximum absolute atomic E-state index is 12.0. The molecule has 2 rings (SSSR count). The average molecular weight is 263 g/mol. The van der Waals surface area contributed by atoms with Gasteiger partial charge in [0.25, 0.3) is 5.91 Å². The molecule has 1 aromatic heterocycles. The van der Waals surface area contributed by atoms with Crippen LogP contribution in [-0.2, 0) is 6.54 Å². The van der Waals surface area contributed by atoms with Crippen LogP contribution in [0.5, 0.6) is 5.75 Å². The number of nitrogens with two attached hydrogens (primary N) is 1. The predicted octanol–water partition coefficient (Wildman–Crippen LogP) is 1.66. The molecule has 6 heteroatoms. The highest BCUT2D eigenvalue weighted by molar-refractivity contribution is 7.09. The second kappa shape index (κ2) is 5.50. The number of thiazole rings is 1. The van der Waals surface area contributed by atoms with Gasteiger partial charge in [-0.1, -0.05) is 0 Å². The molecule has 0 atom stereocenters. The predicted molar refractivity (Wildman–Crippen MR) is 70.7 cm³/mol. The number of anilines is 1. The maximum atomic E-state index is 12.0. The van der Waals surface area contributed by atoms with Gasteiger partial charge in [0.05, 0.1) is 24.7 Å². The van der Waals surface area contributed by atoms with Gasteiger partial charge in [-0.15, -0.1) is 11.3 Å². The Kier molecular flexibility index (Phi) is 3.78. The summed E-state index contributed by atoms with van der Waals surface area (Å²) in [5, 5.41) is 2.81. The topological polar surface area (TPSA) is 77.2 Å². The normalized spacial score (nSPS) is 10.1. The third kappa shape index (κ3) is 2.78. The van der Waals surface area contributed by atoms with E-state index in [0.717, 1.165) is 4.88 Å². The molecule has 1 aromatic carbocycles. The van der Waals surface area contributed by atoms with Crippen molar-refractivity contribution in [2.24, 2.45) is 0 Å². The molecule has 0 radical (unpaired) electrons. The van der Waals surface area contributed by atoms with Gasteiger partial charge in [0.15, 0.2) is 0 Å². The molecule has 3 N–H and O–H groups in total. The number of aromatic nitrogens is 1. The van der Waals surface area contributed by atoms with Crippen LogP contribution in [0, 0.1) is 0 Å². The Morgan fingerprint density at radius 3 is 3.06 bits per heavy atom. The summed E-state index contributed by atoms with van der Waals surface area (Å²) in [6.45, 7) is 0.455. The van der Waals surface area contributed by atoms with Crippen molar-refractivity contribution in [2.75, 3.05) is 12.8 Å². The molecule has 0 fully saturated rings. The zero-order valence-corrected chi connectivity index (χ0v) is 10.7.